The van der Waals surface area contributed by atoms with Gasteiger partial charge >= 0.3 is 0 Å². The van der Waals surface area contributed by atoms with Crippen molar-refractivity contribution in [1.82, 2.24) is 5.32 Å². The maximum atomic E-state index is 11.8. The van der Waals surface area contributed by atoms with Crippen LogP contribution in [-0.2, 0) is 0 Å². The Bertz CT molecular complexity index is 579. The van der Waals surface area contributed by atoms with Gasteiger partial charge in [0.15, 0.2) is 0 Å². The van der Waals surface area contributed by atoms with Crippen molar-refractivity contribution in [1.29, 1.82) is 0 Å². The van der Waals surface area contributed by atoms with Crippen molar-refractivity contribution in [3.8, 4) is 5.75 Å². The monoisotopic (exact) mass is 270 g/mol. The molecule has 0 aliphatic rings. The molecule has 104 valence electrons. The van der Waals surface area contributed by atoms with Gasteiger partial charge in [-0.1, -0.05) is 23.8 Å². The largest absolute Gasteiger partial charge is 0.492 e. The molecule has 2 rings (SSSR count). The fourth-order valence-corrected chi connectivity index (χ4v) is 1.74. The number of carbonyl (C=O) groups excluding carboxylic acids is 1. The van der Waals surface area contributed by atoms with Crippen molar-refractivity contribution < 1.29 is 9.53 Å². The third-order valence-corrected chi connectivity index (χ3v) is 2.83. The van der Waals surface area contributed by atoms with Crippen molar-refractivity contribution in [3.63, 3.8) is 0 Å². The zero-order valence-electron chi connectivity index (χ0n) is 11.4. The summed E-state index contributed by atoms with van der Waals surface area (Å²) >= 11 is 0. The van der Waals surface area contributed by atoms with Crippen LogP contribution >= 0.6 is 0 Å². The van der Waals surface area contributed by atoms with Gasteiger partial charge in [-0.3, -0.25) is 4.79 Å². The predicted octanol–water partition coefficient (Wildman–Crippen LogP) is 2.39. The van der Waals surface area contributed by atoms with Crippen molar-refractivity contribution in [2.75, 3.05) is 18.9 Å². The highest BCUT2D eigenvalue weighted by Gasteiger charge is 2.03. The first-order valence-electron chi connectivity index (χ1n) is 6.48. The summed E-state index contributed by atoms with van der Waals surface area (Å²) < 4.78 is 5.50. The lowest BCUT2D eigenvalue weighted by Gasteiger charge is -2.08. The molecule has 0 aliphatic carbocycles. The zero-order chi connectivity index (χ0) is 14.4. The molecule has 1 amide bonds. The molecule has 4 heteroatoms. The maximum Gasteiger partial charge on any atom is 0.251 e. The van der Waals surface area contributed by atoms with Crippen molar-refractivity contribution in [3.05, 3.63) is 59.7 Å². The van der Waals surface area contributed by atoms with Gasteiger partial charge in [0.1, 0.15) is 12.4 Å². The minimum absolute atomic E-state index is 0.0961. The molecular weight excluding hydrogens is 252 g/mol. The van der Waals surface area contributed by atoms with Crippen LogP contribution in [0.3, 0.4) is 0 Å². The molecule has 0 spiro atoms. The molecule has 0 bridgehead atoms. The Morgan fingerprint density at radius 2 is 1.95 bits per heavy atom. The van der Waals surface area contributed by atoms with Gasteiger partial charge in [0.25, 0.3) is 5.91 Å². The number of hydrogen-bond donors (Lipinski definition) is 2. The predicted molar refractivity (Wildman–Crippen MR) is 79.9 cm³/mol. The molecule has 2 aromatic rings. The Labute approximate surface area is 118 Å². The summed E-state index contributed by atoms with van der Waals surface area (Å²) in [7, 11) is 0. The SMILES string of the molecule is Cc1ccc(C(=O)NCCOc2cccc(N)c2)cc1. The number of ether oxygens (including phenoxy) is 1. The van der Waals surface area contributed by atoms with Crippen LogP contribution in [0.4, 0.5) is 5.69 Å². The molecule has 0 radical (unpaired) electrons. The van der Waals surface area contributed by atoms with Crippen LogP contribution in [0.25, 0.3) is 0 Å². The normalized spacial score (nSPS) is 10.1. The van der Waals surface area contributed by atoms with E-state index in [1.807, 2.05) is 43.3 Å². The van der Waals surface area contributed by atoms with E-state index in [9.17, 15) is 4.79 Å². The fourth-order valence-electron chi connectivity index (χ4n) is 1.74. The molecule has 0 unspecified atom stereocenters. The summed E-state index contributed by atoms with van der Waals surface area (Å²) in [6, 6.07) is 14.7. The van der Waals surface area contributed by atoms with Crippen molar-refractivity contribution in [2.24, 2.45) is 0 Å². The molecule has 3 N–H and O–H groups in total. The lowest BCUT2D eigenvalue weighted by atomic mass is 10.1. The second-order valence-corrected chi connectivity index (χ2v) is 4.54. The number of nitrogen functional groups attached to an aromatic ring is 1. The number of rotatable bonds is 5. The Hall–Kier alpha value is -2.49. The molecule has 20 heavy (non-hydrogen) atoms. The third-order valence-electron chi connectivity index (χ3n) is 2.83. The summed E-state index contributed by atoms with van der Waals surface area (Å²) in [5, 5.41) is 2.81. The fraction of sp³-hybridized carbons (Fsp3) is 0.188. The highest BCUT2D eigenvalue weighted by atomic mass is 16.5. The number of carbonyl (C=O) groups is 1. The number of aryl methyl sites for hydroxylation is 1. The van der Waals surface area contributed by atoms with E-state index in [0.717, 1.165) is 5.56 Å². The van der Waals surface area contributed by atoms with Gasteiger partial charge in [-0.2, -0.15) is 0 Å². The first-order valence-corrected chi connectivity index (χ1v) is 6.48. The first kappa shape index (κ1) is 13.9. The van der Waals surface area contributed by atoms with E-state index in [4.69, 9.17) is 10.5 Å². The lowest BCUT2D eigenvalue weighted by Crippen LogP contribution is -2.28. The van der Waals surface area contributed by atoms with E-state index in [2.05, 4.69) is 5.32 Å². The summed E-state index contributed by atoms with van der Waals surface area (Å²) in [4.78, 5) is 11.8. The van der Waals surface area contributed by atoms with Gasteiger partial charge in [-0.25, -0.2) is 0 Å². The second-order valence-electron chi connectivity index (χ2n) is 4.54. The summed E-state index contributed by atoms with van der Waals surface area (Å²) in [6.07, 6.45) is 0. The Morgan fingerprint density at radius 3 is 2.65 bits per heavy atom. The molecular formula is C16H18N2O2. The molecule has 0 saturated carbocycles. The number of anilines is 1. The van der Waals surface area contributed by atoms with Gasteiger partial charge < -0.3 is 15.8 Å². The van der Waals surface area contributed by atoms with E-state index < -0.39 is 0 Å². The van der Waals surface area contributed by atoms with Crippen LogP contribution in [0, 0.1) is 6.92 Å². The molecule has 0 aliphatic heterocycles. The average molecular weight is 270 g/mol. The smallest absolute Gasteiger partial charge is 0.251 e. The first-order chi connectivity index (χ1) is 9.65. The summed E-state index contributed by atoms with van der Waals surface area (Å²) in [6.45, 7) is 2.84. The van der Waals surface area contributed by atoms with E-state index in [0.29, 0.717) is 30.2 Å². The van der Waals surface area contributed by atoms with Crippen LogP contribution < -0.4 is 15.8 Å². The van der Waals surface area contributed by atoms with Crippen LogP contribution in [0.5, 0.6) is 5.75 Å². The quantitative estimate of drug-likeness (QED) is 0.647. The summed E-state index contributed by atoms with van der Waals surface area (Å²) in [5.41, 5.74) is 8.09. The third kappa shape index (κ3) is 4.02. The van der Waals surface area contributed by atoms with Crippen LogP contribution in [0.2, 0.25) is 0 Å². The minimum atomic E-state index is -0.0961. The highest BCUT2D eigenvalue weighted by Crippen LogP contribution is 2.13. The van der Waals surface area contributed by atoms with E-state index >= 15 is 0 Å². The minimum Gasteiger partial charge on any atom is -0.492 e. The number of nitrogens with one attached hydrogen (secondary N) is 1. The average Bonchev–Trinajstić information content (AvgIpc) is 2.44. The topological polar surface area (TPSA) is 64.3 Å². The second kappa shape index (κ2) is 6.61. The molecule has 0 fully saturated rings. The van der Waals surface area contributed by atoms with Gasteiger partial charge in [0.05, 0.1) is 6.54 Å². The maximum absolute atomic E-state index is 11.8. The Morgan fingerprint density at radius 1 is 1.20 bits per heavy atom. The Balaban J connectivity index is 1.76. The molecule has 2 aromatic carbocycles. The van der Waals surface area contributed by atoms with E-state index in [1.54, 1.807) is 12.1 Å². The summed E-state index contributed by atoms with van der Waals surface area (Å²) in [5.74, 6) is 0.607. The van der Waals surface area contributed by atoms with Crippen LogP contribution in [0.15, 0.2) is 48.5 Å². The van der Waals surface area contributed by atoms with Gasteiger partial charge in [0.2, 0.25) is 0 Å². The van der Waals surface area contributed by atoms with Gasteiger partial charge in [-0.15, -0.1) is 0 Å². The van der Waals surface area contributed by atoms with E-state index in [-0.39, 0.29) is 5.91 Å². The van der Waals surface area contributed by atoms with E-state index in [1.165, 1.54) is 0 Å². The number of amides is 1. The van der Waals surface area contributed by atoms with Crippen LogP contribution in [-0.4, -0.2) is 19.1 Å². The number of hydrogen-bond acceptors (Lipinski definition) is 3. The molecule has 0 saturated heterocycles. The highest BCUT2D eigenvalue weighted by molar-refractivity contribution is 5.94. The van der Waals surface area contributed by atoms with Crippen molar-refractivity contribution in [2.45, 2.75) is 6.92 Å². The number of nitrogens with two attached hydrogens (primary N) is 1. The van der Waals surface area contributed by atoms with Crippen molar-refractivity contribution >= 4 is 11.6 Å². The molecule has 0 aromatic heterocycles. The molecule has 0 atom stereocenters. The standard InChI is InChI=1S/C16H18N2O2/c1-12-5-7-13(8-6-12)16(19)18-9-10-20-15-4-2-3-14(17)11-15/h2-8,11H,9-10,17H2,1H3,(H,18,19). The number of benzene rings is 2. The lowest BCUT2D eigenvalue weighted by molar-refractivity contribution is 0.0947. The zero-order valence-corrected chi connectivity index (χ0v) is 11.4. The van der Waals surface area contributed by atoms with Gasteiger partial charge in [-0.05, 0) is 31.2 Å². The van der Waals surface area contributed by atoms with Gasteiger partial charge in [0, 0.05) is 17.3 Å². The Kier molecular flexibility index (Phi) is 4.60. The molecule has 4 nitrogen and oxygen atoms in total. The molecule has 0 heterocycles. The van der Waals surface area contributed by atoms with Crippen LogP contribution in [0.1, 0.15) is 15.9 Å².